The monoisotopic (exact) mass is 282 g/mol. The van der Waals surface area contributed by atoms with E-state index in [0.29, 0.717) is 11.4 Å². The molecular formula is C12H15ClN4O2. The van der Waals surface area contributed by atoms with Crippen molar-refractivity contribution >= 4 is 35.2 Å². The van der Waals surface area contributed by atoms with Crippen molar-refractivity contribution in [2.24, 2.45) is 5.73 Å². The summed E-state index contributed by atoms with van der Waals surface area (Å²) in [4.78, 5) is 16.0. The van der Waals surface area contributed by atoms with Crippen LogP contribution in [-0.4, -0.2) is 35.9 Å². The first-order valence-corrected chi connectivity index (χ1v) is 5.32. The van der Waals surface area contributed by atoms with Crippen LogP contribution in [0, 0.1) is 5.41 Å². The molecule has 102 valence electrons. The Labute approximate surface area is 116 Å². The van der Waals surface area contributed by atoms with E-state index < -0.39 is 0 Å². The topological polar surface area (TPSA) is 95.2 Å². The number of halogens is 1. The van der Waals surface area contributed by atoms with Crippen LogP contribution in [-0.2, 0) is 0 Å². The van der Waals surface area contributed by atoms with Gasteiger partial charge in [-0.15, -0.1) is 12.4 Å². The molecule has 0 unspecified atom stereocenters. The van der Waals surface area contributed by atoms with Crippen LogP contribution in [0.25, 0.3) is 10.9 Å². The van der Waals surface area contributed by atoms with Crippen molar-refractivity contribution in [1.82, 2.24) is 9.88 Å². The van der Waals surface area contributed by atoms with E-state index in [1.165, 1.54) is 7.05 Å². The number of hydrogen-bond acceptors (Lipinski definition) is 3. The molecule has 0 fully saturated rings. The van der Waals surface area contributed by atoms with Gasteiger partial charge in [-0.2, -0.15) is 0 Å². The van der Waals surface area contributed by atoms with Crippen molar-refractivity contribution < 1.29 is 9.53 Å². The lowest BCUT2D eigenvalue weighted by Gasteiger charge is -2.12. The fraction of sp³-hybridized carbons (Fsp3) is 0.167. The summed E-state index contributed by atoms with van der Waals surface area (Å²) in [7, 11) is 3.03. The highest BCUT2D eigenvalue weighted by molar-refractivity contribution is 6.06. The summed E-state index contributed by atoms with van der Waals surface area (Å²) in [6, 6.07) is 7.19. The van der Waals surface area contributed by atoms with Gasteiger partial charge < -0.3 is 15.5 Å². The number of hydrogen-bond donors (Lipinski definition) is 3. The fourth-order valence-electron chi connectivity index (χ4n) is 1.71. The molecule has 0 saturated carbocycles. The Morgan fingerprint density at radius 3 is 2.74 bits per heavy atom. The Balaban J connectivity index is 0.00000180. The van der Waals surface area contributed by atoms with Gasteiger partial charge in [-0.25, -0.2) is 0 Å². The third kappa shape index (κ3) is 2.63. The number of carbonyl (C=O) groups is 1. The molecule has 0 aliphatic heterocycles. The van der Waals surface area contributed by atoms with Crippen LogP contribution >= 0.6 is 12.4 Å². The van der Waals surface area contributed by atoms with Crippen molar-refractivity contribution in [3.8, 4) is 5.75 Å². The van der Waals surface area contributed by atoms with E-state index in [0.717, 1.165) is 15.8 Å². The lowest BCUT2D eigenvalue weighted by molar-refractivity contribution is 0.0864. The number of fused-ring (bicyclic) bond motifs is 1. The van der Waals surface area contributed by atoms with Gasteiger partial charge in [-0.1, -0.05) is 6.07 Å². The molecule has 7 heteroatoms. The Morgan fingerprint density at radius 1 is 1.47 bits per heavy atom. The SMILES string of the molecule is COc1cccc2[nH]c(C(=O)N(C)C(=N)N)cc12.Cl. The molecule has 0 atom stereocenters. The lowest BCUT2D eigenvalue weighted by Crippen LogP contribution is -2.38. The summed E-state index contributed by atoms with van der Waals surface area (Å²) in [5.74, 6) is 0.0275. The van der Waals surface area contributed by atoms with Gasteiger partial charge in [0.1, 0.15) is 11.4 Å². The summed E-state index contributed by atoms with van der Waals surface area (Å²) in [6.45, 7) is 0. The van der Waals surface area contributed by atoms with Gasteiger partial charge in [-0.3, -0.25) is 15.1 Å². The summed E-state index contributed by atoms with van der Waals surface area (Å²) >= 11 is 0. The Hall–Kier alpha value is -2.21. The summed E-state index contributed by atoms with van der Waals surface area (Å²) in [6.07, 6.45) is 0. The Morgan fingerprint density at radius 2 is 2.16 bits per heavy atom. The van der Waals surface area contributed by atoms with Gasteiger partial charge in [-0.05, 0) is 18.2 Å². The average molecular weight is 283 g/mol. The molecule has 1 aromatic carbocycles. The normalized spacial score (nSPS) is 9.79. The second-order valence-corrected chi connectivity index (χ2v) is 3.85. The first-order valence-electron chi connectivity index (χ1n) is 5.32. The zero-order valence-electron chi connectivity index (χ0n) is 10.6. The number of amides is 1. The summed E-state index contributed by atoms with van der Waals surface area (Å²) < 4.78 is 5.22. The van der Waals surface area contributed by atoms with Gasteiger partial charge >= 0.3 is 0 Å². The number of nitrogens with zero attached hydrogens (tertiary/aromatic N) is 1. The molecule has 0 aliphatic carbocycles. The number of rotatable bonds is 2. The van der Waals surface area contributed by atoms with Crippen molar-refractivity contribution in [3.05, 3.63) is 30.0 Å². The van der Waals surface area contributed by atoms with Gasteiger partial charge in [0.05, 0.1) is 7.11 Å². The van der Waals surface area contributed by atoms with E-state index in [-0.39, 0.29) is 24.3 Å². The number of carbonyl (C=O) groups excluding carboxylic acids is 1. The zero-order valence-corrected chi connectivity index (χ0v) is 11.4. The van der Waals surface area contributed by atoms with Gasteiger partial charge in [0, 0.05) is 18.0 Å². The number of aromatic amines is 1. The molecule has 2 aromatic rings. The largest absolute Gasteiger partial charge is 0.496 e. The minimum absolute atomic E-state index is 0. The van der Waals surface area contributed by atoms with Crippen LogP contribution in [0.2, 0.25) is 0 Å². The van der Waals surface area contributed by atoms with E-state index in [1.54, 1.807) is 13.2 Å². The Bertz CT molecular complexity index is 623. The molecule has 6 nitrogen and oxygen atoms in total. The second kappa shape index (κ2) is 5.62. The number of methoxy groups -OCH3 is 1. The van der Waals surface area contributed by atoms with Gasteiger partial charge in [0.2, 0.25) is 0 Å². The maximum absolute atomic E-state index is 12.0. The van der Waals surface area contributed by atoms with Crippen molar-refractivity contribution in [2.75, 3.05) is 14.2 Å². The molecule has 0 aliphatic rings. The maximum Gasteiger partial charge on any atom is 0.276 e. The number of nitrogens with two attached hydrogens (primary N) is 1. The smallest absolute Gasteiger partial charge is 0.276 e. The number of aromatic nitrogens is 1. The first kappa shape index (κ1) is 14.8. The first-order chi connectivity index (χ1) is 8.54. The molecule has 19 heavy (non-hydrogen) atoms. The van der Waals surface area contributed by atoms with Crippen LogP contribution in [0.15, 0.2) is 24.3 Å². The van der Waals surface area contributed by atoms with E-state index >= 15 is 0 Å². The minimum Gasteiger partial charge on any atom is -0.496 e. The molecule has 1 aromatic heterocycles. The molecule has 0 saturated heterocycles. The highest BCUT2D eigenvalue weighted by Crippen LogP contribution is 2.26. The predicted octanol–water partition coefficient (Wildman–Crippen LogP) is 1.56. The van der Waals surface area contributed by atoms with E-state index in [9.17, 15) is 4.79 Å². The van der Waals surface area contributed by atoms with Crippen LogP contribution < -0.4 is 10.5 Å². The molecule has 0 bridgehead atoms. The number of H-pyrrole nitrogens is 1. The van der Waals surface area contributed by atoms with Crippen LogP contribution in [0.3, 0.4) is 0 Å². The van der Waals surface area contributed by atoms with Crippen LogP contribution in [0.1, 0.15) is 10.5 Å². The quantitative estimate of drug-likeness (QED) is 0.576. The predicted molar refractivity (Wildman–Crippen MR) is 76.1 cm³/mol. The third-order valence-electron chi connectivity index (χ3n) is 2.74. The standard InChI is InChI=1S/C12H14N4O2.ClH/c1-16(12(13)14)11(17)9-6-7-8(15-9)4-3-5-10(7)18-2;/h3-6,15H,1-2H3,(H3,13,14);1H. The molecule has 2 rings (SSSR count). The highest BCUT2D eigenvalue weighted by Gasteiger charge is 2.17. The minimum atomic E-state index is -0.360. The fourth-order valence-corrected chi connectivity index (χ4v) is 1.71. The lowest BCUT2D eigenvalue weighted by atomic mass is 10.2. The maximum atomic E-state index is 12.0. The second-order valence-electron chi connectivity index (χ2n) is 3.85. The van der Waals surface area contributed by atoms with Crippen LogP contribution in [0.5, 0.6) is 5.75 Å². The highest BCUT2D eigenvalue weighted by atomic mass is 35.5. The molecule has 1 amide bonds. The molecule has 0 spiro atoms. The number of guanidine groups is 1. The van der Waals surface area contributed by atoms with Crippen molar-refractivity contribution in [2.45, 2.75) is 0 Å². The van der Waals surface area contributed by atoms with Crippen molar-refractivity contribution in [1.29, 1.82) is 5.41 Å². The molecular weight excluding hydrogens is 268 g/mol. The molecule has 4 N–H and O–H groups in total. The third-order valence-corrected chi connectivity index (χ3v) is 2.74. The zero-order chi connectivity index (χ0) is 13.3. The number of benzene rings is 1. The number of nitrogens with one attached hydrogen (secondary N) is 2. The molecule has 0 radical (unpaired) electrons. The van der Waals surface area contributed by atoms with E-state index in [4.69, 9.17) is 15.9 Å². The number of ether oxygens (including phenoxy) is 1. The van der Waals surface area contributed by atoms with Crippen LogP contribution in [0.4, 0.5) is 0 Å². The van der Waals surface area contributed by atoms with Crippen molar-refractivity contribution in [3.63, 3.8) is 0 Å². The summed E-state index contributed by atoms with van der Waals surface area (Å²) in [5, 5.41) is 8.06. The average Bonchev–Trinajstić information content (AvgIpc) is 2.80. The summed E-state index contributed by atoms with van der Waals surface area (Å²) in [5.41, 5.74) is 6.44. The Kier molecular flexibility index (Phi) is 4.39. The molecule has 1 heterocycles. The van der Waals surface area contributed by atoms with E-state index in [1.807, 2.05) is 18.2 Å². The van der Waals surface area contributed by atoms with E-state index in [2.05, 4.69) is 4.98 Å². The van der Waals surface area contributed by atoms with Gasteiger partial charge in [0.25, 0.3) is 5.91 Å². The van der Waals surface area contributed by atoms with Gasteiger partial charge in [0.15, 0.2) is 5.96 Å².